The quantitative estimate of drug-likeness (QED) is 0.556. The van der Waals surface area contributed by atoms with Crippen molar-refractivity contribution in [3.8, 4) is 0 Å². The van der Waals surface area contributed by atoms with Gasteiger partial charge in [-0.15, -0.1) is 0 Å². The molecule has 0 aromatic heterocycles. The molecule has 0 amide bonds. The molecule has 2 fully saturated rings. The number of piperazine rings is 1. The molecule has 2 rings (SSSR count). The first-order valence-corrected chi connectivity index (χ1v) is 4.83. The molecule has 0 radical (unpaired) electrons. The third-order valence-corrected chi connectivity index (χ3v) is 2.96. The molecule has 0 bridgehead atoms. The summed E-state index contributed by atoms with van der Waals surface area (Å²) >= 11 is 0. The Morgan fingerprint density at radius 3 is 3.18 bits per heavy atom. The Labute approximate surface area is 69.0 Å². The van der Waals surface area contributed by atoms with E-state index in [0.717, 1.165) is 6.04 Å². The Balaban J connectivity index is 1.93. The number of hydrogen-bond donors (Lipinski definition) is 1. The number of fused-ring (bicyclic) bond motifs is 1. The van der Waals surface area contributed by atoms with Crippen molar-refractivity contribution in [2.45, 2.75) is 38.3 Å². The molecule has 2 nitrogen and oxygen atoms in total. The number of nitrogens with one attached hydrogen (secondary N) is 1. The fraction of sp³-hybridized carbons (Fsp3) is 1.00. The van der Waals surface area contributed by atoms with Gasteiger partial charge in [-0.05, 0) is 26.3 Å². The molecular formula is C9H18N2. The van der Waals surface area contributed by atoms with Crippen LogP contribution in [0, 0.1) is 0 Å². The molecule has 0 aromatic carbocycles. The lowest BCUT2D eigenvalue weighted by Crippen LogP contribution is -2.56. The van der Waals surface area contributed by atoms with Gasteiger partial charge in [-0.2, -0.15) is 0 Å². The molecule has 64 valence electrons. The molecule has 2 heterocycles. The highest BCUT2D eigenvalue weighted by molar-refractivity contribution is 4.86. The third-order valence-electron chi connectivity index (χ3n) is 2.96. The van der Waals surface area contributed by atoms with Crippen molar-refractivity contribution < 1.29 is 0 Å². The second-order valence-electron chi connectivity index (χ2n) is 3.95. The van der Waals surface area contributed by atoms with Crippen LogP contribution in [0.1, 0.15) is 26.2 Å². The van der Waals surface area contributed by atoms with Gasteiger partial charge in [0.2, 0.25) is 0 Å². The molecule has 0 aromatic rings. The zero-order chi connectivity index (χ0) is 7.68. The normalized spacial score (nSPS) is 40.1. The highest BCUT2D eigenvalue weighted by Gasteiger charge is 2.27. The predicted octanol–water partition coefficient (Wildman–Crippen LogP) is 0.833. The maximum absolute atomic E-state index is 3.54. The maximum atomic E-state index is 3.54. The Kier molecular flexibility index (Phi) is 2.14. The topological polar surface area (TPSA) is 15.3 Å². The molecule has 1 N–H and O–H groups in total. The van der Waals surface area contributed by atoms with E-state index in [2.05, 4.69) is 17.1 Å². The minimum Gasteiger partial charge on any atom is -0.311 e. The van der Waals surface area contributed by atoms with Crippen molar-refractivity contribution in [2.75, 3.05) is 19.6 Å². The van der Waals surface area contributed by atoms with E-state index >= 15 is 0 Å². The van der Waals surface area contributed by atoms with E-state index in [4.69, 9.17) is 0 Å². The summed E-state index contributed by atoms with van der Waals surface area (Å²) in [6, 6.07) is 1.57. The zero-order valence-electron chi connectivity index (χ0n) is 7.34. The lowest BCUT2D eigenvalue weighted by atomic mass is 9.99. The Morgan fingerprint density at radius 2 is 2.27 bits per heavy atom. The van der Waals surface area contributed by atoms with Gasteiger partial charge < -0.3 is 5.32 Å². The number of rotatable bonds is 0. The lowest BCUT2D eigenvalue weighted by molar-refractivity contribution is 0.0995. The third kappa shape index (κ3) is 1.57. The van der Waals surface area contributed by atoms with Crippen LogP contribution in [0.2, 0.25) is 0 Å². The molecule has 0 aliphatic carbocycles. The molecule has 0 unspecified atom stereocenters. The van der Waals surface area contributed by atoms with Gasteiger partial charge in [-0.25, -0.2) is 0 Å². The number of piperidine rings is 1. The van der Waals surface area contributed by atoms with Crippen molar-refractivity contribution in [2.24, 2.45) is 0 Å². The summed E-state index contributed by atoms with van der Waals surface area (Å²) in [5.41, 5.74) is 0. The Bertz CT molecular complexity index is 136. The van der Waals surface area contributed by atoms with Gasteiger partial charge in [-0.1, -0.05) is 6.42 Å². The van der Waals surface area contributed by atoms with Crippen LogP contribution in [0.5, 0.6) is 0 Å². The summed E-state index contributed by atoms with van der Waals surface area (Å²) in [5.74, 6) is 0. The summed E-state index contributed by atoms with van der Waals surface area (Å²) in [5, 5.41) is 3.54. The summed E-state index contributed by atoms with van der Waals surface area (Å²) in [6.07, 6.45) is 4.28. The molecule has 11 heavy (non-hydrogen) atoms. The summed E-state index contributed by atoms with van der Waals surface area (Å²) in [7, 11) is 0. The fourth-order valence-electron chi connectivity index (χ4n) is 2.29. The highest BCUT2D eigenvalue weighted by Crippen LogP contribution is 2.18. The monoisotopic (exact) mass is 154 g/mol. The molecule has 2 atom stereocenters. The minimum atomic E-state index is 0.712. The minimum absolute atomic E-state index is 0.712. The van der Waals surface area contributed by atoms with Gasteiger partial charge in [0.05, 0.1) is 0 Å². The molecule has 2 heteroatoms. The first-order valence-electron chi connectivity index (χ1n) is 4.83. The van der Waals surface area contributed by atoms with Crippen LogP contribution in [-0.4, -0.2) is 36.6 Å². The van der Waals surface area contributed by atoms with Crippen molar-refractivity contribution in [1.29, 1.82) is 0 Å². The second kappa shape index (κ2) is 3.11. The predicted molar refractivity (Wildman–Crippen MR) is 46.7 cm³/mol. The largest absolute Gasteiger partial charge is 0.311 e. The first-order chi connectivity index (χ1) is 5.36. The van der Waals surface area contributed by atoms with Crippen molar-refractivity contribution in [3.63, 3.8) is 0 Å². The summed E-state index contributed by atoms with van der Waals surface area (Å²) in [6.45, 7) is 6.12. The molecule has 0 spiro atoms. The standard InChI is InChI=1S/C9H18N2/c1-8-7-11-5-3-2-4-9(11)6-10-8/h8-10H,2-7H2,1H3/t8-,9+/m1/s1. The average Bonchev–Trinajstić information content (AvgIpc) is 2.04. The van der Waals surface area contributed by atoms with Crippen LogP contribution in [0.4, 0.5) is 0 Å². The fourth-order valence-corrected chi connectivity index (χ4v) is 2.29. The van der Waals surface area contributed by atoms with Gasteiger partial charge >= 0.3 is 0 Å². The van der Waals surface area contributed by atoms with E-state index in [9.17, 15) is 0 Å². The van der Waals surface area contributed by atoms with E-state index in [1.807, 2.05) is 0 Å². The highest BCUT2D eigenvalue weighted by atomic mass is 15.2. The van der Waals surface area contributed by atoms with Gasteiger partial charge in [0.1, 0.15) is 0 Å². The van der Waals surface area contributed by atoms with Crippen molar-refractivity contribution >= 4 is 0 Å². The number of nitrogens with zero attached hydrogens (tertiary/aromatic N) is 1. The van der Waals surface area contributed by atoms with E-state index in [-0.39, 0.29) is 0 Å². The smallest absolute Gasteiger partial charge is 0.0221 e. The Morgan fingerprint density at radius 1 is 1.36 bits per heavy atom. The van der Waals surface area contributed by atoms with Crippen LogP contribution >= 0.6 is 0 Å². The van der Waals surface area contributed by atoms with Crippen LogP contribution in [-0.2, 0) is 0 Å². The SMILES string of the molecule is C[C@@H]1CN2CCCC[C@H]2CN1. The molecule has 0 saturated carbocycles. The van der Waals surface area contributed by atoms with Crippen LogP contribution < -0.4 is 5.32 Å². The summed E-state index contributed by atoms with van der Waals surface area (Å²) < 4.78 is 0. The average molecular weight is 154 g/mol. The van der Waals surface area contributed by atoms with E-state index in [1.54, 1.807) is 0 Å². The van der Waals surface area contributed by atoms with Crippen molar-refractivity contribution in [3.05, 3.63) is 0 Å². The summed E-state index contributed by atoms with van der Waals surface area (Å²) in [4.78, 5) is 2.66. The second-order valence-corrected chi connectivity index (χ2v) is 3.95. The van der Waals surface area contributed by atoms with Crippen molar-refractivity contribution in [1.82, 2.24) is 10.2 Å². The van der Waals surface area contributed by atoms with Gasteiger partial charge in [0.25, 0.3) is 0 Å². The number of hydrogen-bond acceptors (Lipinski definition) is 2. The van der Waals surface area contributed by atoms with E-state index in [0.29, 0.717) is 6.04 Å². The lowest BCUT2D eigenvalue weighted by Gasteiger charge is -2.42. The van der Waals surface area contributed by atoms with Gasteiger partial charge in [-0.3, -0.25) is 4.90 Å². The van der Waals surface area contributed by atoms with Crippen LogP contribution in [0.3, 0.4) is 0 Å². The van der Waals surface area contributed by atoms with E-state index < -0.39 is 0 Å². The Hall–Kier alpha value is -0.0800. The van der Waals surface area contributed by atoms with E-state index in [1.165, 1.54) is 38.9 Å². The molecule has 2 aliphatic heterocycles. The molecular weight excluding hydrogens is 136 g/mol. The van der Waals surface area contributed by atoms with Crippen LogP contribution in [0.25, 0.3) is 0 Å². The molecule has 2 saturated heterocycles. The van der Waals surface area contributed by atoms with Gasteiger partial charge in [0.15, 0.2) is 0 Å². The van der Waals surface area contributed by atoms with Gasteiger partial charge in [0, 0.05) is 25.2 Å². The zero-order valence-corrected chi connectivity index (χ0v) is 7.34. The maximum Gasteiger partial charge on any atom is 0.0221 e. The van der Waals surface area contributed by atoms with Crippen LogP contribution in [0.15, 0.2) is 0 Å². The molecule has 2 aliphatic rings. The first kappa shape index (κ1) is 7.56.